The molecule has 8 heteroatoms. The van der Waals surface area contributed by atoms with Gasteiger partial charge in [-0.2, -0.15) is 0 Å². The molecule has 0 aromatic heterocycles. The number of carbonyl (C=O) groups excluding carboxylic acids is 2. The highest BCUT2D eigenvalue weighted by Gasteiger charge is 2.40. The first-order valence-electron chi connectivity index (χ1n) is 8.85. The number of amides is 2. The second kappa shape index (κ2) is 7.93. The number of esters is 1. The van der Waals surface area contributed by atoms with Gasteiger partial charge >= 0.3 is 18.2 Å². The van der Waals surface area contributed by atoms with Crippen molar-refractivity contribution in [2.45, 2.75) is 70.6 Å². The first kappa shape index (κ1) is 19.3. The van der Waals surface area contributed by atoms with Crippen LogP contribution in [0.1, 0.15) is 52.9 Å². The van der Waals surface area contributed by atoms with Crippen molar-refractivity contribution < 1.29 is 29.0 Å². The molecule has 0 aromatic carbocycles. The summed E-state index contributed by atoms with van der Waals surface area (Å²) in [7, 11) is 0. The Hall–Kier alpha value is -1.99. The van der Waals surface area contributed by atoms with E-state index < -0.39 is 29.8 Å². The summed E-state index contributed by atoms with van der Waals surface area (Å²) < 4.78 is 10.8. The van der Waals surface area contributed by atoms with Gasteiger partial charge in [0.1, 0.15) is 11.7 Å². The van der Waals surface area contributed by atoms with Crippen LogP contribution in [0.4, 0.5) is 9.59 Å². The van der Waals surface area contributed by atoms with E-state index in [1.54, 1.807) is 20.8 Å². The molecule has 1 heterocycles. The number of piperazine rings is 1. The van der Waals surface area contributed by atoms with Crippen LogP contribution in [0.5, 0.6) is 0 Å². The molecule has 2 amide bonds. The third-order valence-corrected chi connectivity index (χ3v) is 4.38. The number of rotatable bonds is 2. The maximum atomic E-state index is 12.5. The van der Waals surface area contributed by atoms with Gasteiger partial charge in [-0.05, 0) is 46.5 Å². The summed E-state index contributed by atoms with van der Waals surface area (Å²) in [4.78, 5) is 38.6. The van der Waals surface area contributed by atoms with Crippen molar-refractivity contribution in [3.8, 4) is 0 Å². The fourth-order valence-corrected chi connectivity index (χ4v) is 3.13. The van der Waals surface area contributed by atoms with E-state index in [1.165, 1.54) is 4.90 Å². The Morgan fingerprint density at radius 3 is 2.24 bits per heavy atom. The first-order chi connectivity index (χ1) is 11.7. The minimum atomic E-state index is -1.19. The third kappa shape index (κ3) is 5.51. The molecule has 2 fully saturated rings. The van der Waals surface area contributed by atoms with Crippen molar-refractivity contribution in [2.24, 2.45) is 0 Å². The molecule has 0 aromatic rings. The van der Waals surface area contributed by atoms with Crippen LogP contribution < -0.4 is 0 Å². The average molecular weight is 356 g/mol. The van der Waals surface area contributed by atoms with Gasteiger partial charge in [0.25, 0.3) is 0 Å². The minimum absolute atomic E-state index is 0.0488. The van der Waals surface area contributed by atoms with Crippen molar-refractivity contribution in [3.05, 3.63) is 0 Å². The molecular formula is C17H28N2O6. The summed E-state index contributed by atoms with van der Waals surface area (Å²) >= 11 is 0. The van der Waals surface area contributed by atoms with Gasteiger partial charge in [-0.15, -0.1) is 0 Å². The molecule has 25 heavy (non-hydrogen) atoms. The van der Waals surface area contributed by atoms with Crippen molar-refractivity contribution in [2.75, 3.05) is 19.6 Å². The zero-order chi connectivity index (χ0) is 18.6. The summed E-state index contributed by atoms with van der Waals surface area (Å²) in [5, 5.41) is 9.36. The van der Waals surface area contributed by atoms with Crippen LogP contribution in [0.15, 0.2) is 0 Å². The largest absolute Gasteiger partial charge is 0.465 e. The van der Waals surface area contributed by atoms with Crippen LogP contribution in [0.25, 0.3) is 0 Å². The van der Waals surface area contributed by atoms with E-state index in [4.69, 9.17) is 9.47 Å². The Morgan fingerprint density at radius 2 is 1.68 bits per heavy atom. The maximum absolute atomic E-state index is 12.5. The highest BCUT2D eigenvalue weighted by Crippen LogP contribution is 2.22. The Labute approximate surface area is 148 Å². The Kier molecular flexibility index (Phi) is 6.13. The second-order valence-electron chi connectivity index (χ2n) is 7.62. The lowest BCUT2D eigenvalue weighted by atomic mass is 9.98. The van der Waals surface area contributed by atoms with Crippen LogP contribution in [0.3, 0.4) is 0 Å². The standard InChI is InChI=1S/C17H28N2O6/c1-17(2,3)25-16(23)18-9-10-19(15(21)22)13(11-18)14(20)24-12-7-5-4-6-8-12/h12-13H,4-11H2,1-3H3,(H,21,22)/t13-/m1/s1. The summed E-state index contributed by atoms with van der Waals surface area (Å²) in [6, 6.07) is -1.01. The monoisotopic (exact) mass is 356 g/mol. The molecular weight excluding hydrogens is 328 g/mol. The highest BCUT2D eigenvalue weighted by atomic mass is 16.6. The van der Waals surface area contributed by atoms with E-state index in [9.17, 15) is 19.5 Å². The van der Waals surface area contributed by atoms with Crippen LogP contribution in [-0.2, 0) is 14.3 Å². The van der Waals surface area contributed by atoms with Gasteiger partial charge in [-0.1, -0.05) is 6.42 Å². The molecule has 2 rings (SSSR count). The number of carboxylic acid groups (broad SMARTS) is 1. The van der Waals surface area contributed by atoms with Gasteiger partial charge in [-0.25, -0.2) is 14.4 Å². The highest BCUT2D eigenvalue weighted by molar-refractivity contribution is 5.82. The lowest BCUT2D eigenvalue weighted by Crippen LogP contribution is -2.60. The van der Waals surface area contributed by atoms with E-state index in [-0.39, 0.29) is 25.7 Å². The molecule has 1 aliphatic carbocycles. The van der Waals surface area contributed by atoms with E-state index in [0.29, 0.717) is 0 Å². The molecule has 0 spiro atoms. The van der Waals surface area contributed by atoms with Crippen molar-refractivity contribution >= 4 is 18.2 Å². The number of hydrogen-bond donors (Lipinski definition) is 1. The SMILES string of the molecule is CC(C)(C)OC(=O)N1CCN(C(=O)O)[C@@H](C(=O)OC2CCCCC2)C1. The molecule has 8 nitrogen and oxygen atoms in total. The van der Waals surface area contributed by atoms with Gasteiger partial charge in [0.05, 0.1) is 6.54 Å². The number of ether oxygens (including phenoxy) is 2. The fourth-order valence-electron chi connectivity index (χ4n) is 3.13. The Morgan fingerprint density at radius 1 is 1.04 bits per heavy atom. The molecule has 1 aliphatic heterocycles. The lowest BCUT2D eigenvalue weighted by molar-refractivity contribution is -0.158. The van der Waals surface area contributed by atoms with Crippen LogP contribution in [0.2, 0.25) is 0 Å². The zero-order valence-corrected chi connectivity index (χ0v) is 15.2. The minimum Gasteiger partial charge on any atom is -0.465 e. The smallest absolute Gasteiger partial charge is 0.410 e. The molecule has 0 radical (unpaired) electrons. The van der Waals surface area contributed by atoms with Gasteiger partial charge in [-0.3, -0.25) is 4.90 Å². The summed E-state index contributed by atoms with van der Waals surface area (Å²) in [5.74, 6) is -0.581. The fraction of sp³-hybridized carbons (Fsp3) is 0.824. The first-order valence-corrected chi connectivity index (χ1v) is 8.85. The van der Waals surface area contributed by atoms with Gasteiger partial charge < -0.3 is 19.5 Å². The quantitative estimate of drug-likeness (QED) is 0.764. The van der Waals surface area contributed by atoms with Crippen LogP contribution in [-0.4, -0.2) is 70.4 Å². The second-order valence-corrected chi connectivity index (χ2v) is 7.62. The van der Waals surface area contributed by atoms with Crippen molar-refractivity contribution in [3.63, 3.8) is 0 Å². The Balaban J connectivity index is 2.03. The molecule has 1 atom stereocenters. The van der Waals surface area contributed by atoms with Crippen molar-refractivity contribution in [1.82, 2.24) is 9.80 Å². The zero-order valence-electron chi connectivity index (χ0n) is 15.2. The molecule has 1 N–H and O–H groups in total. The predicted octanol–water partition coefficient (Wildman–Crippen LogP) is 2.46. The van der Waals surface area contributed by atoms with Gasteiger partial charge in [0.2, 0.25) is 0 Å². The molecule has 1 saturated heterocycles. The molecule has 142 valence electrons. The molecule has 2 aliphatic rings. The molecule has 0 bridgehead atoms. The summed E-state index contributed by atoms with van der Waals surface area (Å²) in [6.45, 7) is 5.47. The normalized spacial score (nSPS) is 22.4. The Bertz CT molecular complexity index is 510. The topological polar surface area (TPSA) is 96.4 Å². The predicted molar refractivity (Wildman–Crippen MR) is 89.3 cm³/mol. The van der Waals surface area contributed by atoms with E-state index in [0.717, 1.165) is 37.0 Å². The number of nitrogens with zero attached hydrogens (tertiary/aromatic N) is 2. The van der Waals surface area contributed by atoms with Gasteiger partial charge in [0.15, 0.2) is 6.04 Å². The number of hydrogen-bond acceptors (Lipinski definition) is 5. The summed E-state index contributed by atoms with van der Waals surface area (Å²) in [5.41, 5.74) is -0.654. The van der Waals surface area contributed by atoms with Crippen LogP contribution >= 0.6 is 0 Å². The molecule has 0 unspecified atom stereocenters. The van der Waals surface area contributed by atoms with E-state index >= 15 is 0 Å². The van der Waals surface area contributed by atoms with E-state index in [2.05, 4.69) is 0 Å². The van der Waals surface area contributed by atoms with E-state index in [1.807, 2.05) is 0 Å². The molecule has 1 saturated carbocycles. The summed E-state index contributed by atoms with van der Waals surface area (Å²) in [6.07, 6.45) is 2.87. The number of carbonyl (C=O) groups is 3. The van der Waals surface area contributed by atoms with Crippen LogP contribution in [0, 0.1) is 0 Å². The third-order valence-electron chi connectivity index (χ3n) is 4.38. The average Bonchev–Trinajstić information content (AvgIpc) is 2.53. The lowest BCUT2D eigenvalue weighted by Gasteiger charge is -2.39. The van der Waals surface area contributed by atoms with Crippen molar-refractivity contribution in [1.29, 1.82) is 0 Å². The van der Waals surface area contributed by atoms with Gasteiger partial charge in [0, 0.05) is 13.1 Å². The maximum Gasteiger partial charge on any atom is 0.410 e.